The van der Waals surface area contributed by atoms with Crippen molar-refractivity contribution in [1.82, 2.24) is 0 Å². The van der Waals surface area contributed by atoms with Crippen LogP contribution in [0.15, 0.2) is 16.5 Å². The van der Waals surface area contributed by atoms with E-state index in [0.29, 0.717) is 18.5 Å². The summed E-state index contributed by atoms with van der Waals surface area (Å²) in [5, 5.41) is -0.0677. The molecule has 1 aromatic heterocycles. The molecule has 1 heterocycles. The van der Waals surface area contributed by atoms with Gasteiger partial charge >= 0.3 is 0 Å². The largest absolute Gasteiger partial charge is 0.457 e. The van der Waals surface area contributed by atoms with E-state index in [1.807, 2.05) is 0 Å². The van der Waals surface area contributed by atoms with Gasteiger partial charge in [-0.05, 0) is 12.1 Å². The fraction of sp³-hybridized carbons (Fsp3) is 0.182. The van der Waals surface area contributed by atoms with Crippen LogP contribution in [0.2, 0.25) is 0 Å². The van der Waals surface area contributed by atoms with Crippen molar-refractivity contribution in [3.63, 3.8) is 0 Å². The van der Waals surface area contributed by atoms with Crippen molar-refractivity contribution < 1.29 is 18.0 Å². The Bertz CT molecular complexity index is 529. The van der Waals surface area contributed by atoms with Gasteiger partial charge in [0.15, 0.2) is 17.7 Å². The molecular weight excluding hydrogens is 202 g/mol. The average molecular weight is 210 g/mol. The zero-order chi connectivity index (χ0) is 11.0. The lowest BCUT2D eigenvalue weighted by molar-refractivity contribution is 0.112. The number of aldehydes is 1. The minimum Gasteiger partial charge on any atom is -0.457 e. The minimum absolute atomic E-state index is 0.0677. The zero-order valence-electron chi connectivity index (χ0n) is 8.01. The van der Waals surface area contributed by atoms with Crippen LogP contribution < -0.4 is 0 Å². The number of hydrogen-bond donors (Lipinski definition) is 0. The number of hydrogen-bond acceptors (Lipinski definition) is 2. The summed E-state index contributed by atoms with van der Waals surface area (Å²) in [6.07, 6.45) is 0.912. The first-order chi connectivity index (χ1) is 7.19. The molecule has 1 aromatic carbocycles. The molecule has 0 fully saturated rings. The van der Waals surface area contributed by atoms with Gasteiger partial charge in [0.2, 0.25) is 0 Å². The Morgan fingerprint density at radius 1 is 1.33 bits per heavy atom. The number of benzene rings is 1. The van der Waals surface area contributed by atoms with Gasteiger partial charge in [-0.2, -0.15) is 0 Å². The fourth-order valence-corrected chi connectivity index (χ4v) is 1.59. The number of carbonyl (C=O) groups is 1. The van der Waals surface area contributed by atoms with Crippen molar-refractivity contribution in [2.45, 2.75) is 13.3 Å². The van der Waals surface area contributed by atoms with E-state index in [2.05, 4.69) is 0 Å². The summed E-state index contributed by atoms with van der Waals surface area (Å²) in [7, 11) is 0. The molecule has 78 valence electrons. The van der Waals surface area contributed by atoms with Crippen LogP contribution in [0.5, 0.6) is 0 Å². The second-order valence-corrected chi connectivity index (χ2v) is 3.14. The lowest BCUT2D eigenvalue weighted by Crippen LogP contribution is -1.87. The molecule has 0 aliphatic carbocycles. The summed E-state index contributed by atoms with van der Waals surface area (Å²) >= 11 is 0. The zero-order valence-corrected chi connectivity index (χ0v) is 8.01. The van der Waals surface area contributed by atoms with E-state index < -0.39 is 11.6 Å². The lowest BCUT2D eigenvalue weighted by Gasteiger charge is -1.92. The molecule has 2 rings (SSSR count). The molecule has 0 bridgehead atoms. The van der Waals surface area contributed by atoms with Crippen molar-refractivity contribution in [1.29, 1.82) is 0 Å². The molecule has 2 nitrogen and oxygen atoms in total. The van der Waals surface area contributed by atoms with Gasteiger partial charge in [-0.25, -0.2) is 8.78 Å². The summed E-state index contributed by atoms with van der Waals surface area (Å²) in [6, 6.07) is 1.97. The molecule has 0 atom stereocenters. The highest BCUT2D eigenvalue weighted by atomic mass is 19.1. The highest BCUT2D eigenvalue weighted by molar-refractivity contribution is 5.98. The third-order valence-electron chi connectivity index (χ3n) is 2.29. The SMILES string of the molecule is CCc1oc2c(F)ccc(F)c2c1C=O. The monoisotopic (exact) mass is 210 g/mol. The molecule has 0 saturated carbocycles. The highest BCUT2D eigenvalue weighted by Crippen LogP contribution is 2.29. The van der Waals surface area contributed by atoms with Crippen molar-refractivity contribution in [3.05, 3.63) is 35.1 Å². The van der Waals surface area contributed by atoms with Gasteiger partial charge in [0, 0.05) is 6.42 Å². The predicted octanol–water partition coefficient (Wildman–Crippen LogP) is 3.09. The average Bonchev–Trinajstić information content (AvgIpc) is 2.63. The van der Waals surface area contributed by atoms with Crippen molar-refractivity contribution in [2.75, 3.05) is 0 Å². The number of aryl methyl sites for hydroxylation is 1. The van der Waals surface area contributed by atoms with Crippen LogP contribution in [0, 0.1) is 11.6 Å². The van der Waals surface area contributed by atoms with Crippen molar-refractivity contribution in [3.8, 4) is 0 Å². The normalized spacial score (nSPS) is 10.9. The Morgan fingerprint density at radius 3 is 2.60 bits per heavy atom. The number of carbonyl (C=O) groups excluding carboxylic acids is 1. The molecule has 0 unspecified atom stereocenters. The number of halogens is 2. The molecule has 4 heteroatoms. The summed E-state index contributed by atoms with van der Waals surface area (Å²) in [6.45, 7) is 1.75. The van der Waals surface area contributed by atoms with E-state index in [1.165, 1.54) is 0 Å². The van der Waals surface area contributed by atoms with E-state index >= 15 is 0 Å². The highest BCUT2D eigenvalue weighted by Gasteiger charge is 2.18. The van der Waals surface area contributed by atoms with E-state index in [9.17, 15) is 13.6 Å². The molecular formula is C11H8F2O2. The van der Waals surface area contributed by atoms with Crippen molar-refractivity contribution in [2.24, 2.45) is 0 Å². The van der Waals surface area contributed by atoms with Gasteiger partial charge in [-0.1, -0.05) is 6.92 Å². The maximum absolute atomic E-state index is 13.4. The van der Waals surface area contributed by atoms with Crippen LogP contribution in [0.3, 0.4) is 0 Å². The van der Waals surface area contributed by atoms with E-state index in [1.54, 1.807) is 6.92 Å². The number of fused-ring (bicyclic) bond motifs is 1. The van der Waals surface area contributed by atoms with Gasteiger partial charge in [0.25, 0.3) is 0 Å². The molecule has 0 radical (unpaired) electrons. The quantitative estimate of drug-likeness (QED) is 0.713. The van der Waals surface area contributed by atoms with E-state index in [-0.39, 0.29) is 16.5 Å². The molecule has 15 heavy (non-hydrogen) atoms. The van der Waals surface area contributed by atoms with Crippen molar-refractivity contribution >= 4 is 17.3 Å². The first kappa shape index (κ1) is 9.83. The van der Waals surface area contributed by atoms with Gasteiger partial charge in [-0.3, -0.25) is 4.79 Å². The Balaban J connectivity index is 2.94. The van der Waals surface area contributed by atoms with Crippen LogP contribution in [0.25, 0.3) is 11.0 Å². The second kappa shape index (κ2) is 3.46. The Labute approximate surface area is 84.5 Å². The third-order valence-corrected chi connectivity index (χ3v) is 2.29. The predicted molar refractivity (Wildman–Crippen MR) is 50.9 cm³/mol. The Kier molecular flexibility index (Phi) is 2.26. The summed E-state index contributed by atoms with van der Waals surface area (Å²) < 4.78 is 31.7. The van der Waals surface area contributed by atoms with Gasteiger partial charge in [0.1, 0.15) is 11.6 Å². The van der Waals surface area contributed by atoms with Crippen LogP contribution in [-0.2, 0) is 6.42 Å². The lowest BCUT2D eigenvalue weighted by atomic mass is 10.1. The third kappa shape index (κ3) is 1.33. The molecule has 0 spiro atoms. The van der Waals surface area contributed by atoms with E-state index in [4.69, 9.17) is 4.42 Å². The molecule has 0 saturated heterocycles. The van der Waals surface area contributed by atoms with Gasteiger partial charge in [-0.15, -0.1) is 0 Å². The van der Waals surface area contributed by atoms with Crippen LogP contribution in [0.1, 0.15) is 23.0 Å². The number of rotatable bonds is 2. The smallest absolute Gasteiger partial charge is 0.173 e. The minimum atomic E-state index is -0.658. The summed E-state index contributed by atoms with van der Waals surface area (Å²) in [4.78, 5) is 10.8. The van der Waals surface area contributed by atoms with Crippen LogP contribution in [0.4, 0.5) is 8.78 Å². The van der Waals surface area contributed by atoms with E-state index in [0.717, 1.165) is 12.1 Å². The molecule has 0 amide bonds. The molecule has 0 N–H and O–H groups in total. The standard InChI is InChI=1S/C11H8F2O2/c1-2-9-6(5-14)10-7(12)3-4-8(13)11(10)15-9/h3-5H,2H2,1H3. The molecule has 2 aromatic rings. The summed E-state index contributed by atoms with van der Waals surface area (Å²) in [5.74, 6) is -0.991. The van der Waals surface area contributed by atoms with Crippen LogP contribution in [-0.4, -0.2) is 6.29 Å². The number of furan rings is 1. The Hall–Kier alpha value is -1.71. The van der Waals surface area contributed by atoms with Gasteiger partial charge in [0.05, 0.1) is 10.9 Å². The van der Waals surface area contributed by atoms with Crippen LogP contribution >= 0.6 is 0 Å². The second-order valence-electron chi connectivity index (χ2n) is 3.14. The fourth-order valence-electron chi connectivity index (χ4n) is 1.59. The Morgan fingerprint density at radius 2 is 2.00 bits per heavy atom. The maximum Gasteiger partial charge on any atom is 0.173 e. The topological polar surface area (TPSA) is 30.2 Å². The molecule has 0 aliphatic heterocycles. The first-order valence-electron chi connectivity index (χ1n) is 4.53. The maximum atomic E-state index is 13.4. The molecule has 0 aliphatic rings. The summed E-state index contributed by atoms with van der Waals surface area (Å²) in [5.41, 5.74) is -0.0848. The first-order valence-corrected chi connectivity index (χ1v) is 4.53. The van der Waals surface area contributed by atoms with Gasteiger partial charge < -0.3 is 4.42 Å².